The average Bonchev–Trinajstić information content (AvgIpc) is 3.35. The third-order valence-electron chi connectivity index (χ3n) is 6.27. The monoisotopic (exact) mass is 424 g/mol. The molecule has 2 amide bonds. The van der Waals surface area contributed by atoms with E-state index in [1.54, 1.807) is 7.11 Å². The van der Waals surface area contributed by atoms with Gasteiger partial charge in [-0.2, -0.15) is 5.10 Å². The first-order valence-electron chi connectivity index (χ1n) is 11.1. The molecule has 7 heteroatoms. The summed E-state index contributed by atoms with van der Waals surface area (Å²) in [7, 11) is 1.67. The van der Waals surface area contributed by atoms with Crippen LogP contribution < -0.4 is 5.32 Å². The van der Waals surface area contributed by atoms with E-state index in [-0.39, 0.29) is 23.3 Å². The minimum atomic E-state index is -0.168. The maximum Gasteiger partial charge on any atom is 0.318 e. The van der Waals surface area contributed by atoms with E-state index >= 15 is 0 Å². The molecule has 2 heterocycles. The molecule has 1 fully saturated rings. The number of ether oxygens (including phenoxy) is 1. The lowest BCUT2D eigenvalue weighted by atomic mass is 9.75. The van der Waals surface area contributed by atoms with Crippen molar-refractivity contribution in [3.05, 3.63) is 52.8 Å². The van der Waals surface area contributed by atoms with E-state index in [0.717, 1.165) is 41.8 Å². The topological polar surface area (TPSA) is 76.5 Å². The molecule has 2 aromatic rings. The maximum atomic E-state index is 13.1. The SMILES string of the molecule is COCCn1nc([C@@H]2CCCN2C(=O)NCc2ccccc2)c2c1CC(C)(C)CC2=O. The Morgan fingerprint density at radius 1 is 1.26 bits per heavy atom. The van der Waals surface area contributed by atoms with E-state index < -0.39 is 0 Å². The fraction of sp³-hybridized carbons (Fsp3) is 0.542. The summed E-state index contributed by atoms with van der Waals surface area (Å²) in [6, 6.07) is 9.61. The van der Waals surface area contributed by atoms with E-state index in [2.05, 4.69) is 19.2 Å². The molecule has 0 unspecified atom stereocenters. The Balaban J connectivity index is 1.59. The number of aromatic nitrogens is 2. The summed E-state index contributed by atoms with van der Waals surface area (Å²) in [6.07, 6.45) is 3.04. The van der Waals surface area contributed by atoms with Crippen molar-refractivity contribution in [1.82, 2.24) is 20.0 Å². The van der Waals surface area contributed by atoms with Gasteiger partial charge in [-0.15, -0.1) is 0 Å². The lowest BCUT2D eigenvalue weighted by molar-refractivity contribution is 0.0905. The molecule has 2 aliphatic rings. The zero-order chi connectivity index (χ0) is 22.0. The number of amides is 2. The first-order valence-corrected chi connectivity index (χ1v) is 11.1. The van der Waals surface area contributed by atoms with Gasteiger partial charge in [-0.1, -0.05) is 44.2 Å². The second-order valence-corrected chi connectivity index (χ2v) is 9.36. The zero-order valence-electron chi connectivity index (χ0n) is 18.7. The molecule has 1 saturated heterocycles. The summed E-state index contributed by atoms with van der Waals surface area (Å²) in [4.78, 5) is 28.0. The van der Waals surface area contributed by atoms with Gasteiger partial charge in [-0.25, -0.2) is 4.79 Å². The van der Waals surface area contributed by atoms with E-state index in [1.165, 1.54) is 0 Å². The van der Waals surface area contributed by atoms with Gasteiger partial charge in [0.1, 0.15) is 0 Å². The van der Waals surface area contributed by atoms with Gasteiger partial charge in [0.05, 0.1) is 36.1 Å². The van der Waals surface area contributed by atoms with Gasteiger partial charge in [0.2, 0.25) is 0 Å². The summed E-state index contributed by atoms with van der Waals surface area (Å²) in [5, 5.41) is 7.91. The number of benzene rings is 1. The van der Waals surface area contributed by atoms with E-state index in [9.17, 15) is 9.59 Å². The third kappa shape index (κ3) is 4.51. The van der Waals surface area contributed by atoms with Crippen molar-refractivity contribution in [2.75, 3.05) is 20.3 Å². The zero-order valence-corrected chi connectivity index (χ0v) is 18.7. The summed E-state index contributed by atoms with van der Waals surface area (Å²) >= 11 is 0. The second-order valence-electron chi connectivity index (χ2n) is 9.36. The van der Waals surface area contributed by atoms with Crippen molar-refractivity contribution < 1.29 is 14.3 Å². The molecule has 166 valence electrons. The molecule has 0 saturated carbocycles. The summed E-state index contributed by atoms with van der Waals surface area (Å²) in [5.41, 5.74) is 3.46. The molecule has 0 radical (unpaired) electrons. The summed E-state index contributed by atoms with van der Waals surface area (Å²) in [5.74, 6) is 0.140. The summed E-state index contributed by atoms with van der Waals surface area (Å²) < 4.78 is 7.20. The van der Waals surface area contributed by atoms with Crippen LogP contribution in [0.5, 0.6) is 0 Å². The normalized spacial score (nSPS) is 20.0. The Labute approximate surface area is 183 Å². The molecular formula is C24H32N4O3. The van der Waals surface area contributed by atoms with Crippen LogP contribution in [0.4, 0.5) is 4.79 Å². The lowest BCUT2D eigenvalue weighted by Crippen LogP contribution is -2.39. The Morgan fingerprint density at radius 3 is 2.77 bits per heavy atom. The standard InChI is InChI=1S/C24H32N4O3/c1-24(2)14-19-21(20(29)15-24)22(26-28(19)12-13-31-3)18-10-7-11-27(18)23(30)25-16-17-8-5-4-6-9-17/h4-6,8-9,18H,7,10-16H2,1-3H3,(H,25,30)/t18-/m0/s1. The Hall–Kier alpha value is -2.67. The number of hydrogen-bond donors (Lipinski definition) is 1. The number of likely N-dealkylation sites (tertiary alicyclic amines) is 1. The molecule has 0 spiro atoms. The second kappa shape index (κ2) is 8.83. The summed E-state index contributed by atoms with van der Waals surface area (Å²) in [6.45, 7) is 6.55. The maximum absolute atomic E-state index is 13.1. The molecule has 1 aliphatic heterocycles. The fourth-order valence-corrected chi connectivity index (χ4v) is 4.80. The number of Topliss-reactive ketones (excluding diaryl/α,β-unsaturated/α-hetero) is 1. The Kier molecular flexibility index (Phi) is 6.14. The number of urea groups is 1. The van der Waals surface area contributed by atoms with Crippen LogP contribution in [0.3, 0.4) is 0 Å². The molecule has 4 rings (SSSR count). The van der Waals surface area contributed by atoms with Gasteiger partial charge in [0, 0.05) is 26.6 Å². The van der Waals surface area contributed by atoms with Crippen molar-refractivity contribution in [3.63, 3.8) is 0 Å². The van der Waals surface area contributed by atoms with Crippen LogP contribution in [0.25, 0.3) is 0 Å². The van der Waals surface area contributed by atoms with Gasteiger partial charge in [0.15, 0.2) is 5.78 Å². The van der Waals surface area contributed by atoms with Crippen LogP contribution in [0.1, 0.15) is 66.5 Å². The highest BCUT2D eigenvalue weighted by Crippen LogP contribution is 2.41. The molecule has 1 aromatic heterocycles. The highest BCUT2D eigenvalue weighted by atomic mass is 16.5. The number of methoxy groups -OCH3 is 1. The molecular weight excluding hydrogens is 392 g/mol. The van der Waals surface area contributed by atoms with Gasteiger partial charge in [-0.3, -0.25) is 9.48 Å². The third-order valence-corrected chi connectivity index (χ3v) is 6.27. The number of nitrogens with zero attached hydrogens (tertiary/aromatic N) is 3. The van der Waals surface area contributed by atoms with E-state index in [0.29, 0.717) is 32.7 Å². The number of hydrogen-bond acceptors (Lipinski definition) is 4. The smallest absolute Gasteiger partial charge is 0.318 e. The Morgan fingerprint density at radius 2 is 2.03 bits per heavy atom. The molecule has 1 aromatic carbocycles. The van der Waals surface area contributed by atoms with Crippen molar-refractivity contribution in [2.24, 2.45) is 5.41 Å². The molecule has 1 N–H and O–H groups in total. The largest absolute Gasteiger partial charge is 0.383 e. The van der Waals surface area contributed by atoms with Gasteiger partial charge >= 0.3 is 6.03 Å². The molecule has 0 bridgehead atoms. The van der Waals surface area contributed by atoms with Crippen LogP contribution in [-0.4, -0.2) is 46.8 Å². The van der Waals surface area contributed by atoms with Gasteiger partial charge in [0.25, 0.3) is 0 Å². The first kappa shape index (κ1) is 21.6. The quantitative estimate of drug-likeness (QED) is 0.767. The van der Waals surface area contributed by atoms with Gasteiger partial charge < -0.3 is 15.0 Å². The number of ketones is 1. The predicted octanol–water partition coefficient (Wildman–Crippen LogP) is 3.73. The number of nitrogens with one attached hydrogen (secondary N) is 1. The van der Waals surface area contributed by atoms with Crippen molar-refractivity contribution in [1.29, 1.82) is 0 Å². The Bertz CT molecular complexity index is 951. The van der Waals surface area contributed by atoms with Crippen LogP contribution in [0.15, 0.2) is 30.3 Å². The van der Waals surface area contributed by atoms with Crippen molar-refractivity contribution >= 4 is 11.8 Å². The minimum absolute atomic E-state index is 0.0887. The number of carbonyl (C=O) groups excluding carboxylic acids is 2. The molecule has 1 atom stereocenters. The average molecular weight is 425 g/mol. The van der Waals surface area contributed by atoms with Crippen LogP contribution >= 0.6 is 0 Å². The predicted molar refractivity (Wildman–Crippen MR) is 118 cm³/mol. The van der Waals surface area contributed by atoms with Gasteiger partial charge in [-0.05, 0) is 30.2 Å². The highest BCUT2D eigenvalue weighted by molar-refractivity contribution is 6.00. The number of rotatable bonds is 6. The molecule has 31 heavy (non-hydrogen) atoms. The van der Waals surface area contributed by atoms with Crippen LogP contribution in [0, 0.1) is 5.41 Å². The first-order chi connectivity index (χ1) is 14.9. The molecule has 1 aliphatic carbocycles. The molecule has 7 nitrogen and oxygen atoms in total. The minimum Gasteiger partial charge on any atom is -0.383 e. The lowest BCUT2D eigenvalue weighted by Gasteiger charge is -2.30. The number of carbonyl (C=O) groups is 2. The van der Waals surface area contributed by atoms with Crippen molar-refractivity contribution in [2.45, 2.75) is 58.7 Å². The fourth-order valence-electron chi connectivity index (χ4n) is 4.80. The van der Waals surface area contributed by atoms with Crippen LogP contribution in [-0.2, 0) is 24.2 Å². The van der Waals surface area contributed by atoms with Crippen molar-refractivity contribution in [3.8, 4) is 0 Å². The highest BCUT2D eigenvalue weighted by Gasteiger charge is 2.41. The number of fused-ring (bicyclic) bond motifs is 1. The van der Waals surface area contributed by atoms with E-state index in [4.69, 9.17) is 9.84 Å². The van der Waals surface area contributed by atoms with Crippen LogP contribution in [0.2, 0.25) is 0 Å². The van der Waals surface area contributed by atoms with E-state index in [1.807, 2.05) is 39.9 Å².